The first-order valence-corrected chi connectivity index (χ1v) is 9.80. The van der Waals surface area contributed by atoms with Crippen molar-refractivity contribution in [2.75, 3.05) is 6.54 Å². The molecule has 1 rings (SSSR count). The molecule has 1 amide bonds. The molecule has 23 heavy (non-hydrogen) atoms. The number of hydrogen-bond donors (Lipinski definition) is 2. The van der Waals surface area contributed by atoms with E-state index in [1.807, 2.05) is 20.8 Å². The maximum absolute atomic E-state index is 11.9. The van der Waals surface area contributed by atoms with Crippen molar-refractivity contribution in [3.8, 4) is 0 Å². The Morgan fingerprint density at radius 3 is 2.70 bits per heavy atom. The first-order chi connectivity index (χ1) is 10.8. The Kier molecular flexibility index (Phi) is 8.95. The molecule has 0 fully saturated rings. The van der Waals surface area contributed by atoms with Crippen LogP contribution in [0.4, 0.5) is 0 Å². The van der Waals surface area contributed by atoms with Crippen molar-refractivity contribution in [2.45, 2.75) is 77.0 Å². The van der Waals surface area contributed by atoms with Crippen LogP contribution in [0.25, 0.3) is 0 Å². The Bertz CT molecular complexity index is 427. The van der Waals surface area contributed by atoms with Crippen LogP contribution >= 0.6 is 0 Å². The van der Waals surface area contributed by atoms with Crippen molar-refractivity contribution in [3.05, 3.63) is 23.8 Å². The number of rotatable bonds is 9. The van der Waals surface area contributed by atoms with E-state index >= 15 is 0 Å². The van der Waals surface area contributed by atoms with Crippen LogP contribution in [0.1, 0.15) is 66.2 Å². The first kappa shape index (κ1) is 20.3. The maximum Gasteiger partial charge on any atom is 0.220 e. The number of nitrogens with one attached hydrogen (secondary N) is 2. The molecule has 2 atom stereocenters. The fraction of sp³-hybridized carbons (Fsp3) is 0.722. The molecule has 0 saturated heterocycles. The quantitative estimate of drug-likeness (QED) is 0.499. The molecular weight excluding hydrogens is 308 g/mol. The van der Waals surface area contributed by atoms with E-state index in [-0.39, 0.29) is 16.7 Å². The molecule has 1 aliphatic rings. The Morgan fingerprint density at radius 2 is 2.13 bits per heavy atom. The number of carbonyl (C=O) groups is 1. The molecule has 0 aromatic carbocycles. The van der Waals surface area contributed by atoms with Gasteiger partial charge in [0.15, 0.2) is 0 Å². The molecule has 1 aliphatic carbocycles. The highest BCUT2D eigenvalue weighted by molar-refractivity contribution is 7.90. The number of unbranched alkanes of at least 4 members (excludes halogenated alkanes) is 1. The first-order valence-electron chi connectivity index (χ1n) is 8.65. The van der Waals surface area contributed by atoms with Crippen LogP contribution in [0.3, 0.4) is 0 Å². The summed E-state index contributed by atoms with van der Waals surface area (Å²) in [6.45, 7) is 8.70. The third-order valence-electron chi connectivity index (χ3n) is 3.68. The zero-order valence-corrected chi connectivity index (χ0v) is 15.8. The number of hydrogen-bond acceptors (Lipinski definition) is 3. The van der Waals surface area contributed by atoms with Crippen LogP contribution in [0.5, 0.6) is 0 Å². The van der Waals surface area contributed by atoms with Crippen molar-refractivity contribution in [3.63, 3.8) is 0 Å². The molecule has 0 aromatic rings. The van der Waals surface area contributed by atoms with Gasteiger partial charge in [-0.1, -0.05) is 37.1 Å². The fourth-order valence-corrected chi connectivity index (χ4v) is 3.08. The van der Waals surface area contributed by atoms with Gasteiger partial charge in [-0.15, -0.1) is 4.72 Å². The molecule has 0 bridgehead atoms. The molecule has 5 heteroatoms. The average Bonchev–Trinajstić information content (AvgIpc) is 2.48. The van der Waals surface area contributed by atoms with Gasteiger partial charge in [0.05, 0.1) is 6.04 Å². The van der Waals surface area contributed by atoms with Gasteiger partial charge in [0, 0.05) is 24.3 Å². The smallest absolute Gasteiger partial charge is 0.220 e. The van der Waals surface area contributed by atoms with Gasteiger partial charge in [-0.2, -0.15) is 0 Å². The predicted octanol–water partition coefficient (Wildman–Crippen LogP) is 3.38. The van der Waals surface area contributed by atoms with E-state index in [2.05, 4.69) is 35.2 Å². The largest absolute Gasteiger partial charge is 0.598 e. The maximum atomic E-state index is 11.9. The highest BCUT2D eigenvalue weighted by Crippen LogP contribution is 2.15. The van der Waals surface area contributed by atoms with Crippen molar-refractivity contribution >= 4 is 17.3 Å². The second kappa shape index (κ2) is 10.2. The van der Waals surface area contributed by atoms with E-state index < -0.39 is 11.4 Å². The van der Waals surface area contributed by atoms with E-state index in [1.54, 1.807) is 0 Å². The third-order valence-corrected chi connectivity index (χ3v) is 5.26. The summed E-state index contributed by atoms with van der Waals surface area (Å²) in [4.78, 5) is 11.9. The van der Waals surface area contributed by atoms with Gasteiger partial charge in [-0.3, -0.25) is 4.79 Å². The second-order valence-electron chi connectivity index (χ2n) is 7.03. The van der Waals surface area contributed by atoms with E-state index in [0.717, 1.165) is 32.1 Å². The van der Waals surface area contributed by atoms with E-state index in [4.69, 9.17) is 0 Å². The standard InChI is InChI=1S/C18H32N2O2S/c1-5-8-15-10-12-16(13-11-15)20-17(21)9-6-7-14-19-23(22)18(2,3)4/h10-12,16,19H,5-9,13-14H2,1-4H3,(H,20,21). The van der Waals surface area contributed by atoms with Crippen LogP contribution in [-0.2, 0) is 16.2 Å². The van der Waals surface area contributed by atoms with E-state index in [9.17, 15) is 9.35 Å². The van der Waals surface area contributed by atoms with Crippen molar-refractivity contribution in [1.29, 1.82) is 0 Å². The molecule has 0 radical (unpaired) electrons. The lowest BCUT2D eigenvalue weighted by Gasteiger charge is -2.23. The molecule has 0 aliphatic heterocycles. The highest BCUT2D eigenvalue weighted by atomic mass is 32.2. The Hall–Kier alpha value is -0.780. The Balaban J connectivity index is 2.11. The minimum Gasteiger partial charge on any atom is -0.598 e. The molecular formula is C18H32N2O2S. The van der Waals surface area contributed by atoms with Crippen LogP contribution in [0.2, 0.25) is 0 Å². The summed E-state index contributed by atoms with van der Waals surface area (Å²) < 4.78 is 14.6. The van der Waals surface area contributed by atoms with Crippen LogP contribution in [0, 0.1) is 0 Å². The normalized spacial score (nSPS) is 19.3. The second-order valence-corrected chi connectivity index (χ2v) is 9.08. The van der Waals surface area contributed by atoms with Gasteiger partial charge in [-0.25, -0.2) is 0 Å². The summed E-state index contributed by atoms with van der Waals surface area (Å²) in [5.74, 6) is 0.101. The monoisotopic (exact) mass is 340 g/mol. The van der Waals surface area contributed by atoms with Crippen LogP contribution in [-0.4, -0.2) is 27.8 Å². The zero-order valence-electron chi connectivity index (χ0n) is 15.0. The molecule has 132 valence electrons. The fourth-order valence-electron chi connectivity index (χ4n) is 2.32. The van der Waals surface area contributed by atoms with E-state index in [0.29, 0.717) is 13.0 Å². The highest BCUT2D eigenvalue weighted by Gasteiger charge is 2.25. The molecule has 2 N–H and O–H groups in total. The summed E-state index contributed by atoms with van der Waals surface area (Å²) in [6.07, 6.45) is 11.8. The molecule has 4 nitrogen and oxygen atoms in total. The summed E-state index contributed by atoms with van der Waals surface area (Å²) in [5, 5.41) is 3.05. The molecule has 0 spiro atoms. The van der Waals surface area contributed by atoms with Crippen molar-refractivity contribution in [1.82, 2.24) is 10.0 Å². The number of amides is 1. The van der Waals surface area contributed by atoms with Gasteiger partial charge in [0.1, 0.15) is 4.75 Å². The zero-order chi connectivity index (χ0) is 17.3. The van der Waals surface area contributed by atoms with Gasteiger partial charge < -0.3 is 9.87 Å². The van der Waals surface area contributed by atoms with Crippen molar-refractivity contribution < 1.29 is 9.35 Å². The average molecular weight is 341 g/mol. The van der Waals surface area contributed by atoms with Crippen LogP contribution in [0.15, 0.2) is 23.8 Å². The Morgan fingerprint density at radius 1 is 1.39 bits per heavy atom. The van der Waals surface area contributed by atoms with Gasteiger partial charge in [0.25, 0.3) is 0 Å². The topological polar surface area (TPSA) is 64.2 Å². The molecule has 0 heterocycles. The van der Waals surface area contributed by atoms with Gasteiger partial charge >= 0.3 is 0 Å². The summed E-state index contributed by atoms with van der Waals surface area (Å²) in [6, 6.07) is 0.134. The molecule has 0 saturated carbocycles. The summed E-state index contributed by atoms with van der Waals surface area (Å²) >= 11 is -1.03. The van der Waals surface area contributed by atoms with E-state index in [1.165, 1.54) is 5.57 Å². The summed E-state index contributed by atoms with van der Waals surface area (Å²) in [5.41, 5.74) is 1.37. The summed E-state index contributed by atoms with van der Waals surface area (Å²) in [7, 11) is 0. The van der Waals surface area contributed by atoms with Gasteiger partial charge in [0.2, 0.25) is 5.91 Å². The van der Waals surface area contributed by atoms with Crippen LogP contribution < -0.4 is 10.0 Å². The number of allylic oxidation sites excluding steroid dienone is 2. The molecule has 2 unspecified atom stereocenters. The lowest BCUT2D eigenvalue weighted by molar-refractivity contribution is -0.121. The van der Waals surface area contributed by atoms with Crippen molar-refractivity contribution in [2.24, 2.45) is 0 Å². The predicted molar refractivity (Wildman–Crippen MR) is 98.4 cm³/mol. The minimum atomic E-state index is -1.03. The lowest BCUT2D eigenvalue weighted by atomic mass is 10.00. The Labute approximate surface area is 144 Å². The number of carbonyl (C=O) groups excluding carboxylic acids is 1. The van der Waals surface area contributed by atoms with Gasteiger partial charge in [-0.05, 0) is 46.5 Å². The SMILES string of the molecule is CCCC1=CCC(NC(=O)CCCCN[S+]([O-])C(C)(C)C)C=C1. The molecule has 0 aromatic heterocycles. The lowest BCUT2D eigenvalue weighted by Crippen LogP contribution is -2.39. The third kappa shape index (κ3) is 8.58. The minimum absolute atomic E-state index is 0.101.